The van der Waals surface area contributed by atoms with Crippen LogP contribution in [0.4, 0.5) is 18.0 Å². The predicted octanol–water partition coefficient (Wildman–Crippen LogP) is 4.81. The van der Waals surface area contributed by atoms with Gasteiger partial charge in [0.1, 0.15) is 6.10 Å². The van der Waals surface area contributed by atoms with Gasteiger partial charge in [0.15, 0.2) is 0 Å². The van der Waals surface area contributed by atoms with Crippen molar-refractivity contribution < 1.29 is 32.6 Å². The lowest BCUT2D eigenvalue weighted by Crippen LogP contribution is -2.24. The maximum absolute atomic E-state index is 11.3. The summed E-state index contributed by atoms with van der Waals surface area (Å²) < 4.78 is 37.2. The van der Waals surface area contributed by atoms with Gasteiger partial charge in [-0.2, -0.15) is 13.2 Å². The SMILES string of the molecule is NCCCCCC(CC1c2ccccc2-c2ccccc21)OC(N)=O.O=C(O)C(F)(F)F. The van der Waals surface area contributed by atoms with E-state index in [0.717, 1.165) is 32.1 Å². The van der Waals surface area contributed by atoms with E-state index in [1.54, 1.807) is 0 Å². The van der Waals surface area contributed by atoms with Gasteiger partial charge in [0.2, 0.25) is 0 Å². The van der Waals surface area contributed by atoms with Crippen LogP contribution in [0.2, 0.25) is 0 Å². The number of primary amides is 1. The maximum Gasteiger partial charge on any atom is 0.490 e. The smallest absolute Gasteiger partial charge is 0.475 e. The van der Waals surface area contributed by atoms with E-state index < -0.39 is 18.2 Å². The summed E-state index contributed by atoms with van der Waals surface area (Å²) in [4.78, 5) is 20.2. The Morgan fingerprint density at radius 2 is 1.47 bits per heavy atom. The van der Waals surface area contributed by atoms with Crippen LogP contribution in [0.1, 0.15) is 49.1 Å². The average molecular weight is 452 g/mol. The molecule has 174 valence electrons. The van der Waals surface area contributed by atoms with Gasteiger partial charge < -0.3 is 21.3 Å². The molecule has 3 rings (SSSR count). The highest BCUT2D eigenvalue weighted by molar-refractivity contribution is 5.78. The second-order valence-corrected chi connectivity index (χ2v) is 7.46. The zero-order valence-electron chi connectivity index (χ0n) is 17.5. The quantitative estimate of drug-likeness (QED) is 0.498. The topological polar surface area (TPSA) is 116 Å². The Labute approximate surface area is 184 Å². The lowest BCUT2D eigenvalue weighted by Gasteiger charge is -2.22. The van der Waals surface area contributed by atoms with E-state index in [2.05, 4.69) is 48.5 Å². The van der Waals surface area contributed by atoms with Crippen molar-refractivity contribution in [2.75, 3.05) is 6.54 Å². The molecule has 0 spiro atoms. The fourth-order valence-corrected chi connectivity index (χ4v) is 3.86. The van der Waals surface area contributed by atoms with Crippen LogP contribution < -0.4 is 11.5 Å². The summed E-state index contributed by atoms with van der Waals surface area (Å²) in [7, 11) is 0. The van der Waals surface area contributed by atoms with Crippen molar-refractivity contribution in [2.24, 2.45) is 11.5 Å². The molecule has 0 radical (unpaired) electrons. The molecule has 5 N–H and O–H groups in total. The fraction of sp³-hybridized carbons (Fsp3) is 0.391. The number of ether oxygens (including phenoxy) is 1. The molecule has 1 amide bonds. The zero-order chi connectivity index (χ0) is 23.7. The molecule has 0 bridgehead atoms. The van der Waals surface area contributed by atoms with Gasteiger partial charge in [0.25, 0.3) is 0 Å². The third kappa shape index (κ3) is 6.98. The van der Waals surface area contributed by atoms with Crippen molar-refractivity contribution in [2.45, 2.75) is 50.3 Å². The highest BCUT2D eigenvalue weighted by Crippen LogP contribution is 2.47. The first-order valence-corrected chi connectivity index (χ1v) is 10.3. The number of carbonyl (C=O) groups is 2. The van der Waals surface area contributed by atoms with E-state index in [-0.39, 0.29) is 12.0 Å². The first-order valence-electron chi connectivity index (χ1n) is 10.3. The Balaban J connectivity index is 0.000000451. The fourth-order valence-electron chi connectivity index (χ4n) is 3.86. The number of fused-ring (bicyclic) bond motifs is 3. The van der Waals surface area contributed by atoms with Crippen molar-refractivity contribution in [3.05, 3.63) is 59.7 Å². The molecule has 0 saturated carbocycles. The van der Waals surface area contributed by atoms with Gasteiger partial charge >= 0.3 is 18.2 Å². The highest BCUT2D eigenvalue weighted by atomic mass is 19.4. The molecule has 0 fully saturated rings. The molecular formula is C23H27F3N2O4. The van der Waals surface area contributed by atoms with E-state index >= 15 is 0 Å². The number of carbonyl (C=O) groups excluding carboxylic acids is 1. The van der Waals surface area contributed by atoms with Gasteiger partial charge in [-0.05, 0) is 54.5 Å². The third-order valence-electron chi connectivity index (χ3n) is 5.22. The lowest BCUT2D eigenvalue weighted by molar-refractivity contribution is -0.192. The van der Waals surface area contributed by atoms with Crippen LogP contribution in [0.15, 0.2) is 48.5 Å². The molecule has 32 heavy (non-hydrogen) atoms. The van der Waals surface area contributed by atoms with Crippen LogP contribution >= 0.6 is 0 Å². The molecule has 2 aromatic carbocycles. The summed E-state index contributed by atoms with van der Waals surface area (Å²) >= 11 is 0. The van der Waals surface area contributed by atoms with Crippen LogP contribution in [0.25, 0.3) is 11.1 Å². The van der Waals surface area contributed by atoms with Gasteiger partial charge in [-0.1, -0.05) is 55.0 Å². The normalized spacial score (nSPS) is 13.4. The molecular weight excluding hydrogens is 425 g/mol. The number of hydrogen-bond acceptors (Lipinski definition) is 4. The number of aliphatic carboxylic acids is 1. The largest absolute Gasteiger partial charge is 0.490 e. The van der Waals surface area contributed by atoms with Gasteiger partial charge in [-0.15, -0.1) is 0 Å². The second kappa shape index (κ2) is 11.5. The molecule has 0 aliphatic heterocycles. The number of carboxylic acid groups (broad SMARTS) is 1. The predicted molar refractivity (Wildman–Crippen MR) is 114 cm³/mol. The molecule has 1 aliphatic rings. The van der Waals surface area contributed by atoms with Crippen molar-refractivity contribution in [1.29, 1.82) is 0 Å². The summed E-state index contributed by atoms with van der Waals surface area (Å²) in [6.07, 6.45) is -1.32. The van der Waals surface area contributed by atoms with E-state index in [0.29, 0.717) is 6.54 Å². The second-order valence-electron chi connectivity index (χ2n) is 7.46. The van der Waals surface area contributed by atoms with Crippen molar-refractivity contribution >= 4 is 12.1 Å². The van der Waals surface area contributed by atoms with E-state index in [1.165, 1.54) is 22.3 Å². The number of benzene rings is 2. The van der Waals surface area contributed by atoms with Gasteiger partial charge in [0, 0.05) is 5.92 Å². The number of unbranched alkanes of at least 4 members (excludes halogenated alkanes) is 2. The summed E-state index contributed by atoms with van der Waals surface area (Å²) in [5.41, 5.74) is 16.0. The highest BCUT2D eigenvalue weighted by Gasteiger charge is 2.38. The minimum atomic E-state index is -5.08. The Hall–Kier alpha value is -3.07. The Kier molecular flexibility index (Phi) is 9.07. The molecule has 9 heteroatoms. The number of halogens is 3. The molecule has 0 aromatic heterocycles. The summed E-state index contributed by atoms with van der Waals surface area (Å²) in [6.45, 7) is 0.699. The van der Waals surface area contributed by atoms with Crippen molar-refractivity contribution in [3.8, 4) is 11.1 Å². The Bertz CT molecular complexity index is 873. The van der Waals surface area contributed by atoms with Crippen molar-refractivity contribution in [1.82, 2.24) is 0 Å². The molecule has 1 unspecified atom stereocenters. The number of amides is 1. The van der Waals surface area contributed by atoms with E-state index in [4.69, 9.17) is 26.1 Å². The minimum absolute atomic E-state index is 0.167. The molecule has 6 nitrogen and oxygen atoms in total. The number of hydrogen-bond donors (Lipinski definition) is 3. The monoisotopic (exact) mass is 452 g/mol. The van der Waals surface area contributed by atoms with Gasteiger partial charge in [-0.25, -0.2) is 9.59 Å². The maximum atomic E-state index is 11.3. The lowest BCUT2D eigenvalue weighted by atomic mass is 9.89. The zero-order valence-corrected chi connectivity index (χ0v) is 17.5. The first kappa shape index (κ1) is 25.2. The van der Waals surface area contributed by atoms with E-state index in [1.807, 2.05) is 0 Å². The van der Waals surface area contributed by atoms with Crippen LogP contribution in [0, 0.1) is 0 Å². The van der Waals surface area contributed by atoms with Crippen LogP contribution in [0.3, 0.4) is 0 Å². The minimum Gasteiger partial charge on any atom is -0.475 e. The Morgan fingerprint density at radius 1 is 0.969 bits per heavy atom. The van der Waals surface area contributed by atoms with Crippen LogP contribution in [-0.2, 0) is 9.53 Å². The van der Waals surface area contributed by atoms with Crippen LogP contribution in [0.5, 0.6) is 0 Å². The van der Waals surface area contributed by atoms with Crippen LogP contribution in [-0.4, -0.2) is 36.0 Å². The number of rotatable bonds is 8. The molecule has 1 atom stereocenters. The molecule has 1 aliphatic carbocycles. The standard InChI is InChI=1S/C21H26N2O2.C2HF3O2/c22-13-7-1-2-8-15(25-21(23)24)14-20-18-11-5-3-9-16(18)17-10-4-6-12-19(17)20;3-2(4,5)1(6)7/h3-6,9-12,15,20H,1-2,7-8,13-14,22H2,(H2,23,24);(H,6,7). The summed E-state index contributed by atoms with van der Waals surface area (Å²) in [5.74, 6) is -2.52. The number of nitrogens with two attached hydrogens (primary N) is 2. The number of carboxylic acids is 1. The Morgan fingerprint density at radius 3 is 1.91 bits per heavy atom. The van der Waals surface area contributed by atoms with Gasteiger partial charge in [0.05, 0.1) is 0 Å². The summed E-state index contributed by atoms with van der Waals surface area (Å²) in [6, 6.07) is 17.0. The molecule has 2 aromatic rings. The third-order valence-corrected chi connectivity index (χ3v) is 5.22. The number of alkyl halides is 3. The van der Waals surface area contributed by atoms with Gasteiger partial charge in [-0.3, -0.25) is 0 Å². The molecule has 0 heterocycles. The first-order chi connectivity index (χ1) is 15.1. The van der Waals surface area contributed by atoms with E-state index in [9.17, 15) is 18.0 Å². The summed E-state index contributed by atoms with van der Waals surface area (Å²) in [5, 5.41) is 7.12. The van der Waals surface area contributed by atoms with Crippen molar-refractivity contribution in [3.63, 3.8) is 0 Å². The average Bonchev–Trinajstić information content (AvgIpc) is 3.04. The molecule has 0 saturated heterocycles.